The van der Waals surface area contributed by atoms with Crippen LogP contribution in [0.1, 0.15) is 5.69 Å². The lowest BCUT2D eigenvalue weighted by molar-refractivity contribution is -0.614. The van der Waals surface area contributed by atoms with Gasteiger partial charge in [-0.1, -0.05) is 0 Å². The van der Waals surface area contributed by atoms with Crippen LogP contribution >= 0.6 is 0 Å². The van der Waals surface area contributed by atoms with E-state index in [2.05, 4.69) is 0 Å². The van der Waals surface area contributed by atoms with Crippen LogP contribution in [0.5, 0.6) is 0 Å². The molecule has 19 heavy (non-hydrogen) atoms. The summed E-state index contributed by atoms with van der Waals surface area (Å²) in [6.45, 7) is -0.271. The van der Waals surface area contributed by atoms with E-state index in [9.17, 15) is 19.6 Å². The number of nitrogens with zero attached hydrogens (tertiary/aromatic N) is 3. The van der Waals surface area contributed by atoms with Crippen LogP contribution in [0.2, 0.25) is 0 Å². The van der Waals surface area contributed by atoms with Crippen molar-refractivity contribution >= 4 is 6.29 Å². The van der Waals surface area contributed by atoms with Gasteiger partial charge in [0.15, 0.2) is 6.20 Å². The highest BCUT2D eigenvalue weighted by molar-refractivity contribution is 5.48. The molecule has 2 heterocycles. The predicted molar refractivity (Wildman–Crippen MR) is 65.5 cm³/mol. The second kappa shape index (κ2) is 5.30. The molecule has 98 valence electrons. The summed E-state index contributed by atoms with van der Waals surface area (Å²) in [5.41, 5.74) is -0.805. The Balaban J connectivity index is 2.45. The third kappa shape index (κ3) is 2.59. The van der Waals surface area contributed by atoms with E-state index in [1.165, 1.54) is 23.0 Å². The summed E-state index contributed by atoms with van der Waals surface area (Å²) in [5.74, 6) is 0. The van der Waals surface area contributed by atoms with Crippen LogP contribution in [0.15, 0.2) is 46.2 Å². The maximum atomic E-state index is 12.0. The Bertz CT molecular complexity index is 717. The molecule has 7 nitrogen and oxygen atoms in total. The lowest BCUT2D eigenvalue weighted by atomic mass is 10.3. The zero-order chi connectivity index (χ0) is 13.8. The average molecular weight is 261 g/mol. The second-order valence-corrected chi connectivity index (χ2v) is 3.86. The molecule has 0 N–H and O–H groups in total. The molecule has 0 fully saturated rings. The number of carbonyl (C=O) groups excluding carboxylic acids is 1. The van der Waals surface area contributed by atoms with Crippen molar-refractivity contribution in [3.63, 3.8) is 0 Å². The van der Waals surface area contributed by atoms with Crippen molar-refractivity contribution in [2.24, 2.45) is 0 Å². The van der Waals surface area contributed by atoms with Gasteiger partial charge in [0.1, 0.15) is 12.8 Å². The molecule has 0 spiro atoms. The lowest BCUT2D eigenvalue weighted by Crippen LogP contribution is -2.41. The Morgan fingerprint density at radius 2 is 2.05 bits per heavy atom. The lowest BCUT2D eigenvalue weighted by Gasteiger charge is -2.08. The fourth-order valence-corrected chi connectivity index (χ4v) is 1.68. The Morgan fingerprint density at radius 3 is 2.74 bits per heavy atom. The summed E-state index contributed by atoms with van der Waals surface area (Å²) < 4.78 is 2.65. The molecule has 7 heteroatoms. The molecular weight excluding hydrogens is 250 g/mol. The van der Waals surface area contributed by atoms with E-state index in [1.807, 2.05) is 0 Å². The molecule has 0 amide bonds. The van der Waals surface area contributed by atoms with Gasteiger partial charge in [0.05, 0.1) is 6.54 Å². The summed E-state index contributed by atoms with van der Waals surface area (Å²) >= 11 is 0. The average Bonchev–Trinajstić information content (AvgIpc) is 2.40. The number of aromatic nitrogens is 3. The van der Waals surface area contributed by atoms with E-state index in [0.29, 0.717) is 16.7 Å². The molecule has 0 atom stereocenters. The van der Waals surface area contributed by atoms with Crippen LogP contribution in [0, 0.1) is 5.21 Å². The minimum Gasteiger partial charge on any atom is -0.618 e. The van der Waals surface area contributed by atoms with Crippen molar-refractivity contribution in [1.82, 2.24) is 9.13 Å². The summed E-state index contributed by atoms with van der Waals surface area (Å²) in [6, 6.07) is 6.01. The Labute approximate surface area is 107 Å². The summed E-state index contributed by atoms with van der Waals surface area (Å²) in [4.78, 5) is 33.8. The van der Waals surface area contributed by atoms with E-state index in [-0.39, 0.29) is 13.1 Å². The topological polar surface area (TPSA) is 88.0 Å². The van der Waals surface area contributed by atoms with E-state index < -0.39 is 11.2 Å². The van der Waals surface area contributed by atoms with Gasteiger partial charge in [-0.15, -0.1) is 0 Å². The van der Waals surface area contributed by atoms with Gasteiger partial charge in [0.25, 0.3) is 5.56 Å². The molecule has 0 saturated carbocycles. The maximum absolute atomic E-state index is 12.0. The van der Waals surface area contributed by atoms with E-state index in [4.69, 9.17) is 0 Å². The van der Waals surface area contributed by atoms with Gasteiger partial charge < -0.3 is 10.0 Å². The molecular formula is C12H11N3O4. The van der Waals surface area contributed by atoms with Gasteiger partial charge in [-0.3, -0.25) is 13.9 Å². The fraction of sp³-hybridized carbons (Fsp3) is 0.167. The summed E-state index contributed by atoms with van der Waals surface area (Å²) in [7, 11) is 0. The largest absolute Gasteiger partial charge is 0.618 e. The quantitative estimate of drug-likeness (QED) is 0.396. The normalized spacial score (nSPS) is 10.3. The van der Waals surface area contributed by atoms with Gasteiger partial charge in [-0.2, -0.15) is 4.73 Å². The molecule has 2 aromatic heterocycles. The third-order valence-electron chi connectivity index (χ3n) is 2.63. The highest BCUT2D eigenvalue weighted by Gasteiger charge is 2.09. The fourth-order valence-electron chi connectivity index (χ4n) is 1.68. The number of hydrogen-bond acceptors (Lipinski definition) is 4. The zero-order valence-electron chi connectivity index (χ0n) is 9.93. The molecule has 0 aliphatic heterocycles. The number of aldehydes is 1. The molecule has 0 bridgehead atoms. The SMILES string of the molecule is O=CCn1c(=O)ccn(Cc2cccc[n+]2[O-])c1=O. The molecule has 0 aromatic carbocycles. The Kier molecular flexibility index (Phi) is 3.56. The molecule has 2 aromatic rings. The monoisotopic (exact) mass is 261 g/mol. The van der Waals surface area contributed by atoms with Crippen molar-refractivity contribution in [3.05, 3.63) is 68.4 Å². The van der Waals surface area contributed by atoms with Gasteiger partial charge in [-0.25, -0.2) is 4.79 Å². The maximum Gasteiger partial charge on any atom is 0.331 e. The smallest absolute Gasteiger partial charge is 0.331 e. The van der Waals surface area contributed by atoms with Gasteiger partial charge in [-0.05, 0) is 6.07 Å². The van der Waals surface area contributed by atoms with Crippen molar-refractivity contribution in [2.75, 3.05) is 0 Å². The number of pyridine rings is 1. The molecule has 0 aliphatic rings. The standard InChI is InChI=1S/C12H11N3O4/c16-8-7-14-11(17)4-6-13(12(14)18)9-10-3-1-2-5-15(10)19/h1-6,8H,7,9H2. The van der Waals surface area contributed by atoms with Crippen molar-refractivity contribution in [2.45, 2.75) is 13.1 Å². The first-order valence-corrected chi connectivity index (χ1v) is 5.54. The van der Waals surface area contributed by atoms with Crippen LogP contribution in [-0.4, -0.2) is 15.4 Å². The zero-order valence-corrected chi connectivity index (χ0v) is 9.93. The Morgan fingerprint density at radius 1 is 1.26 bits per heavy atom. The van der Waals surface area contributed by atoms with Gasteiger partial charge in [0, 0.05) is 24.4 Å². The Hall–Kier alpha value is -2.70. The number of rotatable bonds is 4. The van der Waals surface area contributed by atoms with Crippen molar-refractivity contribution in [1.29, 1.82) is 0 Å². The van der Waals surface area contributed by atoms with Crippen LogP contribution in [-0.2, 0) is 17.9 Å². The second-order valence-electron chi connectivity index (χ2n) is 3.86. The molecule has 0 radical (unpaired) electrons. The first-order chi connectivity index (χ1) is 9.13. The predicted octanol–water partition coefficient (Wildman–Crippen LogP) is -1.11. The molecule has 0 saturated heterocycles. The molecule has 0 unspecified atom stereocenters. The number of hydrogen-bond donors (Lipinski definition) is 0. The highest BCUT2D eigenvalue weighted by Crippen LogP contribution is 1.93. The van der Waals surface area contributed by atoms with E-state index >= 15 is 0 Å². The van der Waals surface area contributed by atoms with Crippen LogP contribution in [0.25, 0.3) is 0 Å². The van der Waals surface area contributed by atoms with Gasteiger partial charge in [0.2, 0.25) is 5.69 Å². The van der Waals surface area contributed by atoms with E-state index in [1.54, 1.807) is 18.2 Å². The summed E-state index contributed by atoms with van der Waals surface area (Å²) in [5, 5.41) is 11.5. The minimum atomic E-state index is -0.622. The van der Waals surface area contributed by atoms with E-state index in [0.717, 1.165) is 4.57 Å². The van der Waals surface area contributed by atoms with Crippen LogP contribution < -0.4 is 16.0 Å². The first-order valence-electron chi connectivity index (χ1n) is 5.54. The molecule has 2 rings (SSSR count). The highest BCUT2D eigenvalue weighted by atomic mass is 16.5. The van der Waals surface area contributed by atoms with Crippen LogP contribution in [0.4, 0.5) is 0 Å². The minimum absolute atomic E-state index is 0.0301. The first kappa shape index (κ1) is 12.7. The third-order valence-corrected chi connectivity index (χ3v) is 2.63. The van der Waals surface area contributed by atoms with Crippen molar-refractivity contribution in [3.8, 4) is 0 Å². The number of carbonyl (C=O) groups is 1. The summed E-state index contributed by atoms with van der Waals surface area (Å²) in [6.07, 6.45) is 3.10. The van der Waals surface area contributed by atoms with Gasteiger partial charge >= 0.3 is 5.69 Å². The van der Waals surface area contributed by atoms with Crippen molar-refractivity contribution < 1.29 is 9.52 Å². The van der Waals surface area contributed by atoms with Crippen LogP contribution in [0.3, 0.4) is 0 Å². The molecule has 0 aliphatic carbocycles.